The van der Waals surface area contributed by atoms with Crippen molar-refractivity contribution in [3.63, 3.8) is 0 Å². The van der Waals surface area contributed by atoms with Gasteiger partial charge in [0.1, 0.15) is 0 Å². The second-order valence-corrected chi connectivity index (χ2v) is 11.7. The number of carbonyl (C=O) groups is 1. The number of fused-ring (bicyclic) bond motifs is 2. The number of hydrogen-bond acceptors (Lipinski definition) is 1. The molecular weight excluding hydrogens is 456 g/mol. The second-order valence-electron chi connectivity index (χ2n) is 7.47. The number of hydrogen-bond donors (Lipinski definition) is 0. The minimum absolute atomic E-state index is 0.293. The van der Waals surface area contributed by atoms with Gasteiger partial charge in [0, 0.05) is 0 Å². The fourth-order valence-electron chi connectivity index (χ4n) is 3.98. The third kappa shape index (κ3) is 3.72. The molecule has 1 nitrogen and oxygen atoms in total. The van der Waals surface area contributed by atoms with Crippen LogP contribution >= 0.6 is 0 Å². The first-order valence-electron chi connectivity index (χ1n) is 9.71. The van der Waals surface area contributed by atoms with Crippen molar-refractivity contribution < 1.29 is 4.79 Å². The molecule has 4 aromatic rings. The van der Waals surface area contributed by atoms with Crippen molar-refractivity contribution in [2.45, 2.75) is 31.2 Å². The molecule has 0 fully saturated rings. The van der Waals surface area contributed by atoms with E-state index in [1.54, 1.807) is 6.92 Å². The molecule has 140 valence electrons. The molecule has 0 saturated carbocycles. The van der Waals surface area contributed by atoms with Crippen LogP contribution in [0.4, 0.5) is 0 Å². The van der Waals surface area contributed by atoms with Crippen molar-refractivity contribution in [3.8, 4) is 11.1 Å². The zero-order valence-corrected chi connectivity index (χ0v) is 18.9. The molecule has 0 aliphatic carbocycles. The van der Waals surface area contributed by atoms with Gasteiger partial charge in [0.05, 0.1) is 0 Å². The van der Waals surface area contributed by atoms with Crippen LogP contribution in [-0.2, 0) is 4.79 Å². The van der Waals surface area contributed by atoms with E-state index in [4.69, 9.17) is 0 Å². The van der Waals surface area contributed by atoms with Crippen molar-refractivity contribution in [3.05, 3.63) is 78.4 Å². The minimum atomic E-state index is -0.498. The van der Waals surface area contributed by atoms with E-state index < -0.39 is 20.9 Å². The summed E-state index contributed by atoms with van der Waals surface area (Å²) in [6.45, 7) is 6.16. The predicted molar refractivity (Wildman–Crippen MR) is 122 cm³/mol. The maximum atomic E-state index is 11.7. The Labute approximate surface area is 176 Å². The SMILES string of the molecule is CC(=O)C[C@H](C)[Te]c1ccc2ccccc2c1-c1c(C)ccc2ccccc12. The number of ketones is 1. The second kappa shape index (κ2) is 8.08. The molecule has 0 bridgehead atoms. The molecular formula is C26H24OTe. The summed E-state index contributed by atoms with van der Waals surface area (Å²) in [5, 5.41) is 5.19. The van der Waals surface area contributed by atoms with Crippen LogP contribution in [0.5, 0.6) is 0 Å². The number of benzene rings is 4. The Morgan fingerprint density at radius 3 is 2.04 bits per heavy atom. The molecule has 0 unspecified atom stereocenters. The van der Waals surface area contributed by atoms with E-state index in [-0.39, 0.29) is 0 Å². The molecule has 0 aliphatic heterocycles. The van der Waals surface area contributed by atoms with Crippen molar-refractivity contribution in [2.24, 2.45) is 0 Å². The Bertz CT molecular complexity index is 1180. The average Bonchev–Trinajstić information content (AvgIpc) is 2.68. The molecule has 0 spiro atoms. The van der Waals surface area contributed by atoms with E-state index in [9.17, 15) is 4.79 Å². The molecule has 2 heteroatoms. The Morgan fingerprint density at radius 2 is 1.39 bits per heavy atom. The molecule has 0 saturated heterocycles. The molecule has 0 aromatic heterocycles. The molecule has 4 rings (SSSR count). The zero-order valence-electron chi connectivity index (χ0n) is 16.5. The van der Waals surface area contributed by atoms with Gasteiger partial charge < -0.3 is 0 Å². The van der Waals surface area contributed by atoms with Gasteiger partial charge in [0.25, 0.3) is 0 Å². The number of carbonyl (C=O) groups excluding carboxylic acids is 1. The molecule has 1 atom stereocenters. The summed E-state index contributed by atoms with van der Waals surface area (Å²) in [6, 6.07) is 26.4. The average molecular weight is 480 g/mol. The predicted octanol–water partition coefficient (Wildman–Crippen LogP) is 6.09. The van der Waals surface area contributed by atoms with Crippen LogP contribution in [0.1, 0.15) is 25.8 Å². The van der Waals surface area contributed by atoms with Gasteiger partial charge in [-0.3, -0.25) is 0 Å². The van der Waals surface area contributed by atoms with Gasteiger partial charge in [-0.2, -0.15) is 0 Å². The Balaban J connectivity index is 2.01. The topological polar surface area (TPSA) is 17.1 Å². The monoisotopic (exact) mass is 482 g/mol. The third-order valence-electron chi connectivity index (χ3n) is 5.18. The van der Waals surface area contributed by atoms with Crippen LogP contribution in [0.15, 0.2) is 72.8 Å². The van der Waals surface area contributed by atoms with E-state index in [2.05, 4.69) is 86.6 Å². The van der Waals surface area contributed by atoms with Crippen LogP contribution in [-0.4, -0.2) is 26.7 Å². The quantitative estimate of drug-likeness (QED) is 0.317. The van der Waals surface area contributed by atoms with Gasteiger partial charge in [-0.05, 0) is 0 Å². The van der Waals surface area contributed by atoms with Gasteiger partial charge in [0.2, 0.25) is 0 Å². The summed E-state index contributed by atoms with van der Waals surface area (Å²) in [4.78, 5) is 11.7. The first kappa shape index (κ1) is 19.2. The van der Waals surface area contributed by atoms with Gasteiger partial charge in [-0.25, -0.2) is 0 Å². The summed E-state index contributed by atoms with van der Waals surface area (Å²) >= 11 is -0.498. The summed E-state index contributed by atoms with van der Waals surface area (Å²) in [5.41, 5.74) is 4.04. The molecule has 0 radical (unpaired) electrons. The molecule has 28 heavy (non-hydrogen) atoms. The van der Waals surface area contributed by atoms with Crippen molar-refractivity contribution in [1.29, 1.82) is 0 Å². The van der Waals surface area contributed by atoms with Crippen LogP contribution < -0.4 is 3.61 Å². The fraction of sp³-hybridized carbons (Fsp3) is 0.192. The van der Waals surface area contributed by atoms with Gasteiger partial charge in [-0.15, -0.1) is 0 Å². The van der Waals surface area contributed by atoms with Gasteiger partial charge in [0.15, 0.2) is 0 Å². The van der Waals surface area contributed by atoms with Crippen molar-refractivity contribution in [2.75, 3.05) is 0 Å². The van der Waals surface area contributed by atoms with E-state index in [1.807, 2.05) is 0 Å². The Kier molecular flexibility index (Phi) is 5.53. The maximum absolute atomic E-state index is 11.7. The standard InChI is InChI=1S/C26H24OTe/c1-17-12-13-20-8-4-6-10-22(20)25(17)26-23-11-7-5-9-21(23)14-15-24(26)28-19(3)16-18(2)27/h4-15,19H,16H2,1-3H3/t19-/m0/s1. The summed E-state index contributed by atoms with van der Waals surface area (Å²) in [6.07, 6.45) is 0.684. The van der Waals surface area contributed by atoms with Crippen LogP contribution in [0.2, 0.25) is 3.97 Å². The molecule has 0 heterocycles. The third-order valence-corrected chi connectivity index (χ3v) is 8.50. The first-order chi connectivity index (χ1) is 13.5. The van der Waals surface area contributed by atoms with E-state index in [0.717, 1.165) is 0 Å². The van der Waals surface area contributed by atoms with Crippen molar-refractivity contribution in [1.82, 2.24) is 0 Å². The van der Waals surface area contributed by atoms with E-state index in [1.165, 1.54) is 41.8 Å². The number of aryl methyl sites for hydroxylation is 1. The molecule has 4 aromatic carbocycles. The normalized spacial score (nSPS) is 12.4. The van der Waals surface area contributed by atoms with Crippen LogP contribution in [0, 0.1) is 6.92 Å². The Morgan fingerprint density at radius 1 is 0.821 bits per heavy atom. The summed E-state index contributed by atoms with van der Waals surface area (Å²) in [5.74, 6) is 0.293. The van der Waals surface area contributed by atoms with Crippen molar-refractivity contribution >= 4 is 51.9 Å². The van der Waals surface area contributed by atoms with Crippen LogP contribution in [0.25, 0.3) is 32.7 Å². The molecule has 0 aliphatic rings. The molecule has 0 N–H and O–H groups in total. The zero-order chi connectivity index (χ0) is 19.7. The van der Waals surface area contributed by atoms with E-state index in [0.29, 0.717) is 16.2 Å². The summed E-state index contributed by atoms with van der Waals surface area (Å²) in [7, 11) is 0. The summed E-state index contributed by atoms with van der Waals surface area (Å²) < 4.78 is 1.91. The van der Waals surface area contributed by atoms with Gasteiger partial charge in [-0.1, -0.05) is 0 Å². The Hall–Kier alpha value is -2.14. The number of rotatable bonds is 5. The van der Waals surface area contributed by atoms with Gasteiger partial charge >= 0.3 is 177 Å². The fourth-order valence-corrected chi connectivity index (χ4v) is 7.49. The molecule has 0 amide bonds. The van der Waals surface area contributed by atoms with E-state index >= 15 is 0 Å². The first-order valence-corrected chi connectivity index (χ1v) is 12.2. The van der Waals surface area contributed by atoms with Crippen LogP contribution in [0.3, 0.4) is 0 Å². The number of Topliss-reactive ketones (excluding diaryl/α,β-unsaturated/α-hetero) is 1.